The molecular formula is C27H27N5OS. The molecule has 0 spiro atoms. The topological polar surface area (TPSA) is 75.6 Å². The van der Waals surface area contributed by atoms with Crippen molar-refractivity contribution in [1.29, 1.82) is 0 Å². The van der Waals surface area contributed by atoms with Gasteiger partial charge in [0.15, 0.2) is 0 Å². The molecule has 0 fully saturated rings. The van der Waals surface area contributed by atoms with Gasteiger partial charge in [-0.1, -0.05) is 84.6 Å². The fraction of sp³-hybridized carbons (Fsp3) is 0.0741. The molecule has 0 aliphatic heterocycles. The van der Waals surface area contributed by atoms with E-state index in [1.165, 1.54) is 11.8 Å². The first-order valence-electron chi connectivity index (χ1n) is 10.9. The molecule has 172 valence electrons. The normalized spacial score (nSPS) is 10.9. The summed E-state index contributed by atoms with van der Waals surface area (Å²) >= 11 is 1.37. The quantitative estimate of drug-likeness (QED) is 0.272. The summed E-state index contributed by atoms with van der Waals surface area (Å²) in [5, 5.41) is 10.8. The molecule has 7 heteroatoms. The van der Waals surface area contributed by atoms with Crippen molar-refractivity contribution < 1.29 is 7.65 Å². The molecule has 5 aromatic rings. The SMILES string of the molecule is Cn1nc(SCC(=O)Nc2ccc(-c3cc(-c4ccccc4)nc(-c4ccccc4)c3)cc2)[nH]1.[HH].[HH]. The van der Waals surface area contributed by atoms with Gasteiger partial charge in [-0.05, 0) is 35.4 Å². The number of aryl methyl sites for hydroxylation is 1. The lowest BCUT2D eigenvalue weighted by Crippen LogP contribution is -2.17. The molecule has 0 atom stereocenters. The number of aromatic nitrogens is 4. The number of nitrogens with zero attached hydrogens (tertiary/aromatic N) is 3. The number of benzene rings is 3. The molecule has 0 saturated carbocycles. The molecule has 0 aliphatic carbocycles. The van der Waals surface area contributed by atoms with Gasteiger partial charge in [-0.2, -0.15) is 0 Å². The largest absolute Gasteiger partial charge is 0.325 e. The summed E-state index contributed by atoms with van der Waals surface area (Å²) in [7, 11) is 1.81. The first-order valence-corrected chi connectivity index (χ1v) is 11.9. The Balaban J connectivity index is 0.00000180. The van der Waals surface area contributed by atoms with Gasteiger partial charge in [-0.25, -0.2) is 9.78 Å². The fourth-order valence-corrected chi connectivity index (χ4v) is 4.34. The minimum Gasteiger partial charge on any atom is -0.325 e. The van der Waals surface area contributed by atoms with Crippen LogP contribution in [0.15, 0.2) is 102 Å². The van der Waals surface area contributed by atoms with E-state index in [0.29, 0.717) is 5.75 Å². The van der Waals surface area contributed by atoms with Crippen LogP contribution in [0.1, 0.15) is 2.85 Å². The predicted molar refractivity (Wildman–Crippen MR) is 142 cm³/mol. The van der Waals surface area contributed by atoms with E-state index in [0.717, 1.165) is 44.5 Å². The van der Waals surface area contributed by atoms with E-state index in [9.17, 15) is 4.79 Å². The van der Waals surface area contributed by atoms with E-state index in [1.54, 1.807) is 11.8 Å². The molecule has 34 heavy (non-hydrogen) atoms. The van der Waals surface area contributed by atoms with E-state index in [2.05, 4.69) is 51.9 Å². The van der Waals surface area contributed by atoms with Gasteiger partial charge in [0, 0.05) is 26.7 Å². The number of hydrogen-bond acceptors (Lipinski definition) is 4. The van der Waals surface area contributed by atoms with Crippen LogP contribution in [0.3, 0.4) is 0 Å². The van der Waals surface area contributed by atoms with Crippen LogP contribution in [0.2, 0.25) is 0 Å². The van der Waals surface area contributed by atoms with Gasteiger partial charge in [0.25, 0.3) is 0 Å². The van der Waals surface area contributed by atoms with Crippen LogP contribution in [0.5, 0.6) is 0 Å². The van der Waals surface area contributed by atoms with Crippen molar-refractivity contribution in [2.45, 2.75) is 5.16 Å². The Kier molecular flexibility index (Phi) is 6.27. The molecule has 0 radical (unpaired) electrons. The second-order valence-electron chi connectivity index (χ2n) is 7.81. The predicted octanol–water partition coefficient (Wildman–Crippen LogP) is 6.37. The van der Waals surface area contributed by atoms with Crippen LogP contribution in [0.25, 0.3) is 33.6 Å². The highest BCUT2D eigenvalue weighted by Gasteiger charge is 2.10. The number of rotatable bonds is 7. The van der Waals surface area contributed by atoms with Gasteiger partial charge in [0.2, 0.25) is 11.1 Å². The van der Waals surface area contributed by atoms with Crippen LogP contribution in [0.4, 0.5) is 5.69 Å². The number of hydrogen-bond donors (Lipinski definition) is 2. The molecule has 0 unspecified atom stereocenters. The zero-order valence-electron chi connectivity index (χ0n) is 18.6. The average Bonchev–Trinajstić information content (AvgIpc) is 2.87. The Labute approximate surface area is 205 Å². The highest BCUT2D eigenvalue weighted by molar-refractivity contribution is 7.99. The number of aromatic amines is 1. The Morgan fingerprint density at radius 2 is 1.41 bits per heavy atom. The van der Waals surface area contributed by atoms with Crippen molar-refractivity contribution in [2.75, 3.05) is 11.1 Å². The number of carbonyl (C=O) groups is 1. The van der Waals surface area contributed by atoms with Crippen molar-refractivity contribution in [3.05, 3.63) is 97.1 Å². The average molecular weight is 470 g/mol. The molecule has 5 rings (SSSR count). The molecule has 6 nitrogen and oxygen atoms in total. The summed E-state index contributed by atoms with van der Waals surface area (Å²) in [6.45, 7) is 0. The third kappa shape index (κ3) is 5.10. The second kappa shape index (κ2) is 9.80. The molecular weight excluding hydrogens is 442 g/mol. The monoisotopic (exact) mass is 469 g/mol. The van der Waals surface area contributed by atoms with Crippen molar-refractivity contribution >= 4 is 23.4 Å². The summed E-state index contributed by atoms with van der Waals surface area (Å²) in [6, 6.07) is 32.5. The summed E-state index contributed by atoms with van der Waals surface area (Å²) in [5.74, 6) is 0.227. The van der Waals surface area contributed by atoms with E-state index < -0.39 is 0 Å². The number of anilines is 1. The second-order valence-corrected chi connectivity index (χ2v) is 8.78. The number of amides is 1. The van der Waals surface area contributed by atoms with Gasteiger partial charge in [-0.15, -0.1) is 5.10 Å². The molecule has 0 saturated heterocycles. The highest BCUT2D eigenvalue weighted by atomic mass is 32.2. The Bertz CT molecular complexity index is 1330. The molecule has 1 amide bonds. The van der Waals surface area contributed by atoms with Crippen LogP contribution in [-0.4, -0.2) is 31.6 Å². The lowest BCUT2D eigenvalue weighted by Gasteiger charge is -2.11. The maximum absolute atomic E-state index is 12.3. The maximum atomic E-state index is 12.3. The van der Waals surface area contributed by atoms with Crippen LogP contribution < -0.4 is 5.32 Å². The number of thioether (sulfide) groups is 1. The third-order valence-electron chi connectivity index (χ3n) is 5.30. The molecule has 2 N–H and O–H groups in total. The summed E-state index contributed by atoms with van der Waals surface area (Å²) < 4.78 is 0. The summed E-state index contributed by atoms with van der Waals surface area (Å²) in [4.78, 5) is 18.8. The minimum absolute atomic E-state index is 0. The van der Waals surface area contributed by atoms with Crippen molar-refractivity contribution in [3.63, 3.8) is 0 Å². The molecule has 2 aromatic heterocycles. The number of pyridine rings is 1. The van der Waals surface area contributed by atoms with Gasteiger partial charge in [0.05, 0.1) is 17.1 Å². The Hall–Kier alpha value is -4.10. The van der Waals surface area contributed by atoms with Crippen molar-refractivity contribution in [2.24, 2.45) is 7.05 Å². The van der Waals surface area contributed by atoms with Gasteiger partial charge in [-0.3, -0.25) is 9.89 Å². The van der Waals surface area contributed by atoms with E-state index in [-0.39, 0.29) is 8.76 Å². The van der Waals surface area contributed by atoms with Gasteiger partial charge in [0.1, 0.15) is 0 Å². The molecule has 0 aliphatic rings. The molecule has 2 heterocycles. The van der Waals surface area contributed by atoms with E-state index in [1.807, 2.05) is 60.7 Å². The summed E-state index contributed by atoms with van der Waals surface area (Å²) in [5.41, 5.74) is 6.86. The zero-order valence-corrected chi connectivity index (χ0v) is 19.4. The Morgan fingerprint density at radius 3 is 1.94 bits per heavy atom. The van der Waals surface area contributed by atoms with Gasteiger partial charge >= 0.3 is 0 Å². The summed E-state index contributed by atoms with van der Waals surface area (Å²) in [6.07, 6.45) is 0. The Morgan fingerprint density at radius 1 is 0.853 bits per heavy atom. The third-order valence-corrected chi connectivity index (χ3v) is 6.16. The fourth-order valence-electron chi connectivity index (χ4n) is 3.63. The highest BCUT2D eigenvalue weighted by Crippen LogP contribution is 2.30. The number of H-pyrrole nitrogens is 1. The van der Waals surface area contributed by atoms with E-state index in [4.69, 9.17) is 4.98 Å². The first-order chi connectivity index (χ1) is 16.6. The van der Waals surface area contributed by atoms with E-state index >= 15 is 0 Å². The smallest absolute Gasteiger partial charge is 0.234 e. The van der Waals surface area contributed by atoms with Gasteiger partial charge < -0.3 is 5.32 Å². The lowest BCUT2D eigenvalue weighted by molar-refractivity contribution is -0.113. The van der Waals surface area contributed by atoms with Crippen LogP contribution >= 0.6 is 11.8 Å². The van der Waals surface area contributed by atoms with Crippen LogP contribution in [-0.2, 0) is 11.8 Å². The van der Waals surface area contributed by atoms with Crippen LogP contribution in [0, 0.1) is 0 Å². The number of carbonyl (C=O) groups excluding carboxylic acids is 1. The molecule has 0 bridgehead atoms. The molecule has 3 aromatic carbocycles. The van der Waals surface area contributed by atoms with Crippen molar-refractivity contribution in [3.8, 4) is 33.6 Å². The standard InChI is InChI=1S/C27H23N5OS.2H2/c1-32-30-27(31-32)34-18-26(33)28-23-14-12-19(13-15-23)22-16-24(20-8-4-2-5-9-20)29-25(17-22)21-10-6-3-7-11-21;;/h2-17H,18H2,1H3,(H,28,33)(H,30,31);2*1H. The lowest BCUT2D eigenvalue weighted by atomic mass is 10.00. The van der Waals surface area contributed by atoms with Crippen molar-refractivity contribution in [1.82, 2.24) is 20.0 Å². The maximum Gasteiger partial charge on any atom is 0.234 e. The zero-order chi connectivity index (χ0) is 23.3. The first kappa shape index (κ1) is 21.7. The minimum atomic E-state index is -0.0709. The number of nitrogens with one attached hydrogen (secondary N) is 2.